The minimum atomic E-state index is -0.933. The molecule has 4 nitrogen and oxygen atoms in total. The lowest BCUT2D eigenvalue weighted by Gasteiger charge is -2.66. The predicted molar refractivity (Wildman–Crippen MR) is 92.5 cm³/mol. The minimum Gasteiger partial charge on any atom is -0.392 e. The van der Waals surface area contributed by atoms with Crippen LogP contribution in [0.25, 0.3) is 0 Å². The zero-order valence-electron chi connectivity index (χ0n) is 15.7. The van der Waals surface area contributed by atoms with Gasteiger partial charge in [0.15, 0.2) is 5.78 Å². The molecule has 3 fully saturated rings. The highest BCUT2D eigenvalue weighted by molar-refractivity contribution is 5.93. The third-order valence-electron chi connectivity index (χ3n) is 7.89. The summed E-state index contributed by atoms with van der Waals surface area (Å²) in [4.78, 5) is 11.8. The van der Waals surface area contributed by atoms with Crippen molar-refractivity contribution in [2.24, 2.45) is 16.7 Å². The molecule has 24 heavy (non-hydrogen) atoms. The molecule has 6 atom stereocenters. The van der Waals surface area contributed by atoms with Crippen LogP contribution in [0.3, 0.4) is 0 Å². The average Bonchev–Trinajstić information content (AvgIpc) is 2.85. The van der Waals surface area contributed by atoms with Gasteiger partial charge in [-0.2, -0.15) is 0 Å². The Bertz CT molecular complexity index is 582. The number of aliphatic hydroxyl groups excluding tert-OH is 1. The molecule has 1 heterocycles. The molecule has 1 saturated heterocycles. The number of ether oxygens (including phenoxy) is 1. The molecular weight excluding hydrogens is 304 g/mol. The second-order valence-electron chi connectivity index (χ2n) is 9.37. The molecule has 0 amide bonds. The van der Waals surface area contributed by atoms with E-state index < -0.39 is 22.7 Å². The van der Waals surface area contributed by atoms with Gasteiger partial charge in [0.2, 0.25) is 0 Å². The molecule has 0 radical (unpaired) electrons. The smallest absolute Gasteiger partial charge is 0.157 e. The van der Waals surface area contributed by atoms with Crippen LogP contribution >= 0.6 is 0 Å². The highest BCUT2D eigenvalue weighted by Crippen LogP contribution is 2.67. The molecule has 0 aromatic carbocycles. The van der Waals surface area contributed by atoms with Gasteiger partial charge in [-0.3, -0.25) is 4.79 Å². The first kappa shape index (κ1) is 18.1. The Morgan fingerprint density at radius 3 is 2.38 bits per heavy atom. The van der Waals surface area contributed by atoms with Crippen molar-refractivity contribution >= 4 is 5.78 Å². The van der Waals surface area contributed by atoms with Crippen molar-refractivity contribution < 1.29 is 19.7 Å². The van der Waals surface area contributed by atoms with Gasteiger partial charge in [0.25, 0.3) is 0 Å². The summed E-state index contributed by atoms with van der Waals surface area (Å²) in [6, 6.07) is 0. The average molecular weight is 336 g/mol. The number of Topliss-reactive ketones (excluding diaryl/α,β-unsaturated/α-hetero) is 1. The number of hydrogen-bond donors (Lipinski definition) is 2. The number of aliphatic hydroxyl groups is 2. The first-order valence-electron chi connectivity index (χ1n) is 9.17. The van der Waals surface area contributed by atoms with Gasteiger partial charge in [-0.1, -0.05) is 27.4 Å². The summed E-state index contributed by atoms with van der Waals surface area (Å²) in [6.45, 7) is 13.8. The van der Waals surface area contributed by atoms with Gasteiger partial charge in [-0.15, -0.1) is 0 Å². The standard InChI is InChI=1S/C20H32O4/c1-12(13(2)21)14-11-15-18(5,24-14)9-10-20(23)17(3,4)8-7-16(22)19(15,20)6/h14-16,22-23H,1,7-11H2,2-6H3/t14-,15+,16+,18-,19+,20-/m1/s1. The summed E-state index contributed by atoms with van der Waals surface area (Å²) in [5.41, 5.74) is -1.76. The third-order valence-corrected chi connectivity index (χ3v) is 7.89. The van der Waals surface area contributed by atoms with Crippen LogP contribution in [0.1, 0.15) is 66.7 Å². The number of carbonyl (C=O) groups is 1. The van der Waals surface area contributed by atoms with Crippen LogP contribution in [0.2, 0.25) is 0 Å². The summed E-state index contributed by atoms with van der Waals surface area (Å²) in [7, 11) is 0. The van der Waals surface area contributed by atoms with E-state index >= 15 is 0 Å². The molecule has 2 aliphatic carbocycles. The van der Waals surface area contributed by atoms with Gasteiger partial charge >= 0.3 is 0 Å². The molecule has 2 N–H and O–H groups in total. The summed E-state index contributed by atoms with van der Waals surface area (Å²) in [5.74, 6) is -0.0494. The largest absolute Gasteiger partial charge is 0.392 e. The van der Waals surface area contributed by atoms with Crippen molar-refractivity contribution in [1.29, 1.82) is 0 Å². The molecule has 0 spiro atoms. The number of fused-ring (bicyclic) bond motifs is 3. The molecule has 1 aliphatic heterocycles. The van der Waals surface area contributed by atoms with Crippen molar-refractivity contribution in [3.05, 3.63) is 12.2 Å². The van der Waals surface area contributed by atoms with Gasteiger partial charge in [-0.05, 0) is 51.4 Å². The van der Waals surface area contributed by atoms with Crippen molar-refractivity contribution in [3.8, 4) is 0 Å². The lowest BCUT2D eigenvalue weighted by Crippen LogP contribution is -2.71. The van der Waals surface area contributed by atoms with Crippen molar-refractivity contribution in [2.75, 3.05) is 0 Å². The van der Waals surface area contributed by atoms with Crippen LogP contribution < -0.4 is 0 Å². The summed E-state index contributed by atoms with van der Waals surface area (Å²) < 4.78 is 6.31. The number of rotatable bonds is 2. The van der Waals surface area contributed by atoms with Crippen molar-refractivity contribution in [2.45, 2.75) is 90.1 Å². The Morgan fingerprint density at radius 2 is 1.79 bits per heavy atom. The zero-order valence-corrected chi connectivity index (χ0v) is 15.7. The number of ketones is 1. The van der Waals surface area contributed by atoms with Gasteiger partial charge in [0, 0.05) is 16.9 Å². The van der Waals surface area contributed by atoms with E-state index in [1.165, 1.54) is 6.92 Å². The van der Waals surface area contributed by atoms with E-state index in [0.29, 0.717) is 24.8 Å². The fourth-order valence-corrected chi connectivity index (χ4v) is 6.04. The first-order chi connectivity index (χ1) is 10.9. The maximum atomic E-state index is 11.8. The topological polar surface area (TPSA) is 66.8 Å². The Morgan fingerprint density at radius 1 is 1.17 bits per heavy atom. The fourth-order valence-electron chi connectivity index (χ4n) is 6.04. The second-order valence-corrected chi connectivity index (χ2v) is 9.37. The Kier molecular flexibility index (Phi) is 3.88. The molecule has 3 rings (SSSR count). The minimum absolute atomic E-state index is 0.000532. The van der Waals surface area contributed by atoms with E-state index in [1.807, 2.05) is 6.92 Å². The van der Waals surface area contributed by atoms with E-state index in [2.05, 4.69) is 27.4 Å². The number of hydrogen-bond acceptors (Lipinski definition) is 4. The van der Waals surface area contributed by atoms with Gasteiger partial charge < -0.3 is 14.9 Å². The van der Waals surface area contributed by atoms with E-state index in [1.54, 1.807) is 0 Å². The quantitative estimate of drug-likeness (QED) is 0.761. The van der Waals surface area contributed by atoms with E-state index in [4.69, 9.17) is 4.74 Å². The number of carbonyl (C=O) groups excluding carboxylic acids is 1. The van der Waals surface area contributed by atoms with Crippen molar-refractivity contribution in [3.63, 3.8) is 0 Å². The molecule has 3 aliphatic rings. The summed E-state index contributed by atoms with van der Waals surface area (Å²) >= 11 is 0. The molecule has 2 saturated carbocycles. The molecular formula is C20H32O4. The Balaban J connectivity index is 2.04. The molecule has 136 valence electrons. The van der Waals surface area contributed by atoms with Gasteiger partial charge in [0.05, 0.1) is 23.4 Å². The second kappa shape index (κ2) is 5.15. The van der Waals surface area contributed by atoms with Gasteiger partial charge in [0.1, 0.15) is 0 Å². The Labute approximate surface area is 145 Å². The monoisotopic (exact) mass is 336 g/mol. The Hall–Kier alpha value is -0.710. The van der Waals surface area contributed by atoms with Crippen molar-refractivity contribution in [1.82, 2.24) is 0 Å². The molecule has 0 aromatic rings. The van der Waals surface area contributed by atoms with Crippen LogP contribution in [0.4, 0.5) is 0 Å². The van der Waals surface area contributed by atoms with Gasteiger partial charge in [-0.25, -0.2) is 0 Å². The maximum absolute atomic E-state index is 11.8. The zero-order chi connectivity index (χ0) is 18.1. The van der Waals surface area contributed by atoms with E-state index in [-0.39, 0.29) is 23.2 Å². The highest BCUT2D eigenvalue weighted by Gasteiger charge is 2.71. The SMILES string of the molecule is C=C(C(C)=O)[C@H]1C[C@@H]2[C@@]3(C)[C@@H](O)CCC(C)(C)[C@]3(O)CC[C@@]2(C)O1. The lowest BCUT2D eigenvalue weighted by molar-refractivity contribution is -0.287. The lowest BCUT2D eigenvalue weighted by atomic mass is 9.42. The van der Waals surface area contributed by atoms with Crippen LogP contribution in [-0.2, 0) is 9.53 Å². The normalized spacial score (nSPS) is 50.0. The molecule has 0 aromatic heterocycles. The third kappa shape index (κ3) is 2.06. The van der Waals surface area contributed by atoms with E-state index in [9.17, 15) is 15.0 Å². The first-order valence-corrected chi connectivity index (χ1v) is 9.17. The highest BCUT2D eigenvalue weighted by atomic mass is 16.5. The van der Waals surface area contributed by atoms with Crippen LogP contribution in [-0.4, -0.2) is 39.4 Å². The molecule has 0 unspecified atom stereocenters. The van der Waals surface area contributed by atoms with Crippen LogP contribution in [0.15, 0.2) is 12.2 Å². The molecule has 4 heteroatoms. The maximum Gasteiger partial charge on any atom is 0.157 e. The summed E-state index contributed by atoms with van der Waals surface area (Å²) in [5, 5.41) is 22.7. The fraction of sp³-hybridized carbons (Fsp3) is 0.850. The predicted octanol–water partition coefficient (Wildman–Crippen LogP) is 3.01. The van der Waals surface area contributed by atoms with E-state index in [0.717, 1.165) is 12.8 Å². The van der Waals surface area contributed by atoms with Crippen LogP contribution in [0, 0.1) is 16.7 Å². The summed E-state index contributed by atoms with van der Waals surface area (Å²) in [6.07, 6.45) is 2.62. The van der Waals surface area contributed by atoms with Crippen LogP contribution in [0.5, 0.6) is 0 Å². The molecule has 0 bridgehead atoms.